The number of hydrogen-bond donors (Lipinski definition) is 1. The molecule has 0 bridgehead atoms. The van der Waals surface area contributed by atoms with Crippen LogP contribution in [0.5, 0.6) is 11.5 Å². The summed E-state index contributed by atoms with van der Waals surface area (Å²) in [6.45, 7) is 11.7. The van der Waals surface area contributed by atoms with Crippen LogP contribution in [0.1, 0.15) is 51.7 Å². The highest BCUT2D eigenvalue weighted by Crippen LogP contribution is 2.37. The van der Waals surface area contributed by atoms with Crippen molar-refractivity contribution in [3.05, 3.63) is 23.3 Å². The summed E-state index contributed by atoms with van der Waals surface area (Å²) >= 11 is 0. The molecule has 0 radical (unpaired) electrons. The van der Waals surface area contributed by atoms with Gasteiger partial charge >= 0.3 is 0 Å². The van der Waals surface area contributed by atoms with Crippen LogP contribution in [-0.4, -0.2) is 30.2 Å². The van der Waals surface area contributed by atoms with Gasteiger partial charge in [0.1, 0.15) is 11.5 Å². The maximum atomic E-state index is 10.6. The number of hydrogen-bond acceptors (Lipinski definition) is 3. The highest BCUT2D eigenvalue weighted by atomic mass is 16.5. The van der Waals surface area contributed by atoms with Crippen molar-refractivity contribution in [2.75, 3.05) is 20.2 Å². The number of phenolic OH excluding ortho intramolecular Hbond substituents is 1. The molecule has 0 aliphatic carbocycles. The van der Waals surface area contributed by atoms with E-state index in [0.717, 1.165) is 42.4 Å². The molecule has 1 N–H and O–H groups in total. The van der Waals surface area contributed by atoms with E-state index in [9.17, 15) is 5.11 Å². The van der Waals surface area contributed by atoms with Crippen molar-refractivity contribution in [2.24, 2.45) is 5.92 Å². The van der Waals surface area contributed by atoms with Gasteiger partial charge in [-0.1, -0.05) is 27.7 Å². The van der Waals surface area contributed by atoms with Crippen LogP contribution in [0.4, 0.5) is 0 Å². The van der Waals surface area contributed by atoms with Gasteiger partial charge in [-0.3, -0.25) is 4.90 Å². The fraction of sp³-hybridized carbons (Fsp3) is 0.667. The van der Waals surface area contributed by atoms with Crippen molar-refractivity contribution in [1.29, 1.82) is 0 Å². The molecular weight excluding hydrogens is 262 g/mol. The van der Waals surface area contributed by atoms with E-state index >= 15 is 0 Å². The van der Waals surface area contributed by atoms with Gasteiger partial charge in [0.25, 0.3) is 0 Å². The zero-order valence-electron chi connectivity index (χ0n) is 14.1. The maximum Gasteiger partial charge on any atom is 0.124 e. The number of methoxy groups -OCH3 is 1. The van der Waals surface area contributed by atoms with Crippen LogP contribution < -0.4 is 4.74 Å². The molecule has 1 saturated heterocycles. The maximum absolute atomic E-state index is 10.6. The minimum atomic E-state index is -0.0935. The van der Waals surface area contributed by atoms with Gasteiger partial charge in [0.05, 0.1) is 7.11 Å². The summed E-state index contributed by atoms with van der Waals surface area (Å²) in [5, 5.41) is 10.6. The Labute approximate surface area is 128 Å². The van der Waals surface area contributed by atoms with E-state index in [4.69, 9.17) is 4.74 Å². The summed E-state index contributed by atoms with van der Waals surface area (Å²) in [5.41, 5.74) is 1.85. The van der Waals surface area contributed by atoms with Crippen molar-refractivity contribution in [2.45, 2.75) is 52.5 Å². The van der Waals surface area contributed by atoms with Crippen LogP contribution in [0.2, 0.25) is 0 Å². The molecule has 1 aromatic carbocycles. The molecule has 0 unspecified atom stereocenters. The lowest BCUT2D eigenvalue weighted by Gasteiger charge is -2.31. The van der Waals surface area contributed by atoms with E-state index in [-0.39, 0.29) is 5.41 Å². The third-order valence-corrected chi connectivity index (χ3v) is 4.48. The molecule has 0 aromatic heterocycles. The predicted octanol–water partition coefficient (Wildman–Crippen LogP) is 3.93. The first-order valence-electron chi connectivity index (χ1n) is 7.94. The number of benzene rings is 1. The Morgan fingerprint density at radius 1 is 1.24 bits per heavy atom. The Hall–Kier alpha value is -1.22. The topological polar surface area (TPSA) is 32.7 Å². The predicted molar refractivity (Wildman–Crippen MR) is 87.0 cm³/mol. The normalized spacial score (nSPS) is 18.0. The van der Waals surface area contributed by atoms with Gasteiger partial charge in [0, 0.05) is 17.7 Å². The van der Waals surface area contributed by atoms with Crippen molar-refractivity contribution < 1.29 is 9.84 Å². The van der Waals surface area contributed by atoms with E-state index in [0.29, 0.717) is 5.75 Å². The van der Waals surface area contributed by atoms with Gasteiger partial charge in [-0.25, -0.2) is 0 Å². The standard InChI is InChI=1S/C18H29NO2/c1-13-6-8-19(9-7-13)12-14-10-15(21-5)11-16(17(14)20)18(2,3)4/h10-11,13,20H,6-9,12H2,1-5H3. The summed E-state index contributed by atoms with van der Waals surface area (Å²) in [6, 6.07) is 3.93. The second kappa shape index (κ2) is 6.27. The van der Waals surface area contributed by atoms with Gasteiger partial charge in [0.15, 0.2) is 0 Å². The molecule has 1 fully saturated rings. The second-order valence-corrected chi connectivity index (χ2v) is 7.39. The number of piperidine rings is 1. The van der Waals surface area contributed by atoms with Crippen LogP contribution in [-0.2, 0) is 12.0 Å². The molecule has 0 spiro atoms. The third kappa shape index (κ3) is 3.91. The molecule has 3 heteroatoms. The van der Waals surface area contributed by atoms with E-state index in [1.807, 2.05) is 12.1 Å². The SMILES string of the molecule is COc1cc(CN2CCC(C)CC2)c(O)c(C(C)(C)C)c1. The minimum Gasteiger partial charge on any atom is -0.507 e. The Balaban J connectivity index is 2.26. The molecule has 0 amide bonds. The van der Waals surface area contributed by atoms with Crippen molar-refractivity contribution >= 4 is 0 Å². The molecule has 118 valence electrons. The number of phenols is 1. The second-order valence-electron chi connectivity index (χ2n) is 7.39. The van der Waals surface area contributed by atoms with Crippen molar-refractivity contribution in [1.82, 2.24) is 4.90 Å². The average Bonchev–Trinajstić information content (AvgIpc) is 2.42. The first-order chi connectivity index (χ1) is 9.81. The summed E-state index contributed by atoms with van der Waals surface area (Å²) in [6.07, 6.45) is 2.49. The number of nitrogens with zero attached hydrogens (tertiary/aromatic N) is 1. The van der Waals surface area contributed by atoms with Crippen molar-refractivity contribution in [3.63, 3.8) is 0 Å². The molecule has 3 nitrogen and oxygen atoms in total. The highest BCUT2D eigenvalue weighted by molar-refractivity contribution is 5.49. The Bertz CT molecular complexity index is 483. The first-order valence-corrected chi connectivity index (χ1v) is 7.94. The summed E-state index contributed by atoms with van der Waals surface area (Å²) in [7, 11) is 1.69. The lowest BCUT2D eigenvalue weighted by Crippen LogP contribution is -2.32. The molecular formula is C18H29NO2. The fourth-order valence-electron chi connectivity index (χ4n) is 2.94. The fourth-order valence-corrected chi connectivity index (χ4v) is 2.94. The average molecular weight is 291 g/mol. The zero-order valence-corrected chi connectivity index (χ0v) is 14.1. The van der Waals surface area contributed by atoms with E-state index in [2.05, 4.69) is 32.6 Å². The van der Waals surface area contributed by atoms with Gasteiger partial charge < -0.3 is 9.84 Å². The zero-order chi connectivity index (χ0) is 15.6. The Kier molecular flexibility index (Phi) is 4.82. The molecule has 1 aliphatic rings. The minimum absolute atomic E-state index is 0.0935. The molecule has 2 rings (SSSR count). The molecule has 0 saturated carbocycles. The molecule has 1 aliphatic heterocycles. The lowest BCUT2D eigenvalue weighted by molar-refractivity contribution is 0.183. The van der Waals surface area contributed by atoms with Crippen LogP contribution >= 0.6 is 0 Å². The third-order valence-electron chi connectivity index (χ3n) is 4.48. The van der Waals surface area contributed by atoms with Crippen LogP contribution in [0, 0.1) is 5.92 Å². The van der Waals surface area contributed by atoms with E-state index < -0.39 is 0 Å². The number of ether oxygens (including phenoxy) is 1. The summed E-state index contributed by atoms with van der Waals surface area (Å²) in [4.78, 5) is 2.43. The van der Waals surface area contributed by atoms with Gasteiger partial charge in [0.2, 0.25) is 0 Å². The number of likely N-dealkylation sites (tertiary alicyclic amines) is 1. The number of aromatic hydroxyl groups is 1. The quantitative estimate of drug-likeness (QED) is 0.916. The van der Waals surface area contributed by atoms with Crippen LogP contribution in [0.25, 0.3) is 0 Å². The van der Waals surface area contributed by atoms with Gasteiger partial charge in [-0.2, -0.15) is 0 Å². The highest BCUT2D eigenvalue weighted by Gasteiger charge is 2.23. The lowest BCUT2D eigenvalue weighted by atomic mass is 9.85. The van der Waals surface area contributed by atoms with Crippen molar-refractivity contribution in [3.8, 4) is 11.5 Å². The largest absolute Gasteiger partial charge is 0.507 e. The van der Waals surface area contributed by atoms with Gasteiger partial charge in [-0.15, -0.1) is 0 Å². The van der Waals surface area contributed by atoms with E-state index in [1.165, 1.54) is 12.8 Å². The Morgan fingerprint density at radius 3 is 2.38 bits per heavy atom. The number of rotatable bonds is 3. The first kappa shape index (κ1) is 16.2. The Morgan fingerprint density at radius 2 is 1.86 bits per heavy atom. The monoisotopic (exact) mass is 291 g/mol. The summed E-state index contributed by atoms with van der Waals surface area (Å²) < 4.78 is 5.42. The molecule has 1 heterocycles. The molecule has 1 aromatic rings. The smallest absolute Gasteiger partial charge is 0.124 e. The summed E-state index contributed by atoms with van der Waals surface area (Å²) in [5.74, 6) is 2.09. The molecule has 21 heavy (non-hydrogen) atoms. The van der Waals surface area contributed by atoms with Crippen LogP contribution in [0.3, 0.4) is 0 Å². The molecule has 0 atom stereocenters. The van der Waals surface area contributed by atoms with Gasteiger partial charge in [-0.05, 0) is 49.4 Å². The van der Waals surface area contributed by atoms with E-state index in [1.54, 1.807) is 7.11 Å². The van der Waals surface area contributed by atoms with Crippen LogP contribution in [0.15, 0.2) is 12.1 Å².